The summed E-state index contributed by atoms with van der Waals surface area (Å²) < 4.78 is 28.6. The summed E-state index contributed by atoms with van der Waals surface area (Å²) in [7, 11) is -1.35. The van der Waals surface area contributed by atoms with Crippen molar-refractivity contribution < 1.29 is 17.9 Å². The molecule has 2 unspecified atom stereocenters. The van der Waals surface area contributed by atoms with Gasteiger partial charge in [0.25, 0.3) is 0 Å². The van der Waals surface area contributed by atoms with Crippen LogP contribution in [-0.2, 0) is 14.6 Å². The van der Waals surface area contributed by atoms with E-state index in [-0.39, 0.29) is 47.6 Å². The van der Waals surface area contributed by atoms with E-state index >= 15 is 0 Å². The molecule has 164 valence electrons. The number of sulfone groups is 1. The van der Waals surface area contributed by atoms with E-state index in [0.717, 1.165) is 5.56 Å². The SMILES string of the molecule is CN=C(NCC(NC(=O)OC(C)(C)C)c1ccccc1)NC1CCS(=O)(=O)C1.I. The Bertz CT molecular complexity index is 794. The van der Waals surface area contributed by atoms with E-state index < -0.39 is 21.5 Å². The van der Waals surface area contributed by atoms with Gasteiger partial charge in [0, 0.05) is 19.6 Å². The molecule has 0 radical (unpaired) electrons. The summed E-state index contributed by atoms with van der Waals surface area (Å²) in [5.41, 5.74) is 0.323. The standard InChI is InChI=1S/C19H30N4O4S.HI/c1-19(2,3)27-18(24)23-16(14-8-6-5-7-9-14)12-21-17(20-4)22-15-10-11-28(25,26)13-15;/h5-9,15-16H,10-13H2,1-4H3,(H,23,24)(H2,20,21,22);1H. The number of rotatable bonds is 5. The van der Waals surface area contributed by atoms with Gasteiger partial charge in [-0.1, -0.05) is 30.3 Å². The van der Waals surface area contributed by atoms with Crippen molar-refractivity contribution in [2.75, 3.05) is 25.1 Å². The van der Waals surface area contributed by atoms with Gasteiger partial charge in [0.15, 0.2) is 15.8 Å². The van der Waals surface area contributed by atoms with Gasteiger partial charge in [0.1, 0.15) is 5.60 Å². The lowest BCUT2D eigenvalue weighted by Gasteiger charge is -2.25. The number of hydrogen-bond acceptors (Lipinski definition) is 5. The van der Waals surface area contributed by atoms with Gasteiger partial charge in [-0.05, 0) is 32.8 Å². The number of alkyl carbamates (subject to hydrolysis) is 1. The molecule has 3 N–H and O–H groups in total. The first-order chi connectivity index (χ1) is 13.1. The van der Waals surface area contributed by atoms with Gasteiger partial charge in [0.2, 0.25) is 0 Å². The first-order valence-corrected chi connectivity index (χ1v) is 11.1. The Labute approximate surface area is 190 Å². The highest BCUT2D eigenvalue weighted by Crippen LogP contribution is 2.14. The molecule has 0 aliphatic carbocycles. The maximum atomic E-state index is 12.2. The van der Waals surface area contributed by atoms with Crippen LogP contribution in [0.15, 0.2) is 35.3 Å². The van der Waals surface area contributed by atoms with Crippen molar-refractivity contribution in [3.8, 4) is 0 Å². The van der Waals surface area contributed by atoms with E-state index in [1.54, 1.807) is 7.05 Å². The van der Waals surface area contributed by atoms with E-state index in [1.165, 1.54) is 0 Å². The van der Waals surface area contributed by atoms with Crippen LogP contribution >= 0.6 is 24.0 Å². The summed E-state index contributed by atoms with van der Waals surface area (Å²) in [5.74, 6) is 0.787. The molecular weight excluding hydrogens is 507 g/mol. The van der Waals surface area contributed by atoms with Gasteiger partial charge in [-0.15, -0.1) is 24.0 Å². The Morgan fingerprint density at radius 1 is 1.28 bits per heavy atom. The number of guanidine groups is 1. The van der Waals surface area contributed by atoms with Crippen molar-refractivity contribution >= 4 is 45.9 Å². The van der Waals surface area contributed by atoms with Gasteiger partial charge in [0.05, 0.1) is 17.5 Å². The van der Waals surface area contributed by atoms with E-state index in [4.69, 9.17) is 4.74 Å². The molecule has 1 saturated heterocycles. The molecule has 1 heterocycles. The fourth-order valence-electron chi connectivity index (χ4n) is 2.88. The van der Waals surface area contributed by atoms with Crippen LogP contribution < -0.4 is 16.0 Å². The molecule has 1 aliphatic rings. The predicted octanol–water partition coefficient (Wildman–Crippen LogP) is 2.22. The van der Waals surface area contributed by atoms with Crippen molar-refractivity contribution in [2.45, 2.75) is 44.9 Å². The third-order valence-corrected chi connectivity index (χ3v) is 5.93. The largest absolute Gasteiger partial charge is 0.444 e. The highest BCUT2D eigenvalue weighted by atomic mass is 127. The Morgan fingerprint density at radius 3 is 2.45 bits per heavy atom. The molecule has 10 heteroatoms. The average Bonchev–Trinajstić information content (AvgIpc) is 2.95. The fraction of sp³-hybridized carbons (Fsp3) is 0.579. The zero-order valence-electron chi connectivity index (χ0n) is 17.3. The normalized spacial score (nSPS) is 19.6. The third-order valence-electron chi connectivity index (χ3n) is 4.16. The molecular formula is C19H31IN4O4S. The number of ether oxygens (including phenoxy) is 1. The number of nitrogens with zero attached hydrogens (tertiary/aromatic N) is 1. The van der Waals surface area contributed by atoms with Crippen LogP contribution in [0.3, 0.4) is 0 Å². The molecule has 0 bridgehead atoms. The quantitative estimate of drug-likeness (QED) is 0.302. The van der Waals surface area contributed by atoms with Crippen molar-refractivity contribution in [1.82, 2.24) is 16.0 Å². The van der Waals surface area contributed by atoms with Crippen LogP contribution in [0, 0.1) is 0 Å². The topological polar surface area (TPSA) is 109 Å². The summed E-state index contributed by atoms with van der Waals surface area (Å²) in [6.45, 7) is 5.79. The molecule has 2 rings (SSSR count). The molecule has 1 aromatic rings. The number of hydrogen-bond donors (Lipinski definition) is 3. The third kappa shape index (κ3) is 9.20. The molecule has 2 atom stereocenters. The molecule has 0 spiro atoms. The summed E-state index contributed by atoms with van der Waals surface area (Å²) in [6.07, 6.45) is 0.0504. The van der Waals surface area contributed by atoms with Crippen molar-refractivity contribution in [3.63, 3.8) is 0 Å². The maximum Gasteiger partial charge on any atom is 0.408 e. The smallest absolute Gasteiger partial charge is 0.408 e. The number of halogens is 1. The van der Waals surface area contributed by atoms with Crippen LogP contribution in [-0.4, -0.2) is 57.2 Å². The Hall–Kier alpha value is -1.56. The summed E-state index contributed by atoms with van der Waals surface area (Å²) >= 11 is 0. The van der Waals surface area contributed by atoms with Gasteiger partial charge in [-0.2, -0.15) is 0 Å². The van der Waals surface area contributed by atoms with Gasteiger partial charge >= 0.3 is 6.09 Å². The van der Waals surface area contributed by atoms with Crippen LogP contribution in [0.25, 0.3) is 0 Å². The lowest BCUT2D eigenvalue weighted by molar-refractivity contribution is 0.0504. The van der Waals surface area contributed by atoms with Crippen molar-refractivity contribution in [2.24, 2.45) is 4.99 Å². The number of carbonyl (C=O) groups is 1. The Balaban J connectivity index is 0.00000420. The molecule has 1 aromatic carbocycles. The molecule has 29 heavy (non-hydrogen) atoms. The minimum atomic E-state index is -2.98. The highest BCUT2D eigenvalue weighted by molar-refractivity contribution is 14.0. The second kappa shape index (κ2) is 11.0. The van der Waals surface area contributed by atoms with Gasteiger partial charge in [-0.3, -0.25) is 4.99 Å². The average molecular weight is 538 g/mol. The van der Waals surface area contributed by atoms with Crippen molar-refractivity contribution in [1.29, 1.82) is 0 Å². The lowest BCUT2D eigenvalue weighted by atomic mass is 10.1. The minimum absolute atomic E-state index is 0. The Morgan fingerprint density at radius 2 is 1.93 bits per heavy atom. The Kier molecular flexibility index (Phi) is 9.66. The number of benzene rings is 1. The molecule has 1 amide bonds. The van der Waals surface area contributed by atoms with E-state index in [2.05, 4.69) is 20.9 Å². The molecule has 8 nitrogen and oxygen atoms in total. The monoisotopic (exact) mass is 538 g/mol. The number of aliphatic imine (C=N–C) groups is 1. The zero-order valence-corrected chi connectivity index (χ0v) is 20.4. The number of nitrogens with one attached hydrogen (secondary N) is 3. The predicted molar refractivity (Wildman–Crippen MR) is 126 cm³/mol. The molecule has 1 fully saturated rings. The molecule has 1 aliphatic heterocycles. The zero-order chi connectivity index (χ0) is 20.8. The lowest BCUT2D eigenvalue weighted by Crippen LogP contribution is -2.47. The fourth-order valence-corrected chi connectivity index (χ4v) is 4.56. The van der Waals surface area contributed by atoms with Crippen LogP contribution in [0.1, 0.15) is 38.8 Å². The van der Waals surface area contributed by atoms with Gasteiger partial charge < -0.3 is 20.7 Å². The van der Waals surface area contributed by atoms with Crippen LogP contribution in [0.4, 0.5) is 4.79 Å². The first kappa shape index (κ1) is 25.5. The van der Waals surface area contributed by atoms with Gasteiger partial charge in [-0.25, -0.2) is 13.2 Å². The minimum Gasteiger partial charge on any atom is -0.444 e. The number of amides is 1. The number of carbonyl (C=O) groups excluding carboxylic acids is 1. The van der Waals surface area contributed by atoms with E-state index in [9.17, 15) is 13.2 Å². The maximum absolute atomic E-state index is 12.2. The van der Waals surface area contributed by atoms with Crippen LogP contribution in [0.2, 0.25) is 0 Å². The molecule has 0 aromatic heterocycles. The van der Waals surface area contributed by atoms with Crippen LogP contribution in [0.5, 0.6) is 0 Å². The molecule has 0 saturated carbocycles. The second-order valence-corrected chi connectivity index (χ2v) is 10.0. The first-order valence-electron chi connectivity index (χ1n) is 9.30. The van der Waals surface area contributed by atoms with E-state index in [0.29, 0.717) is 18.9 Å². The summed E-state index contributed by atoms with van der Waals surface area (Å²) in [5, 5.41) is 9.17. The van der Waals surface area contributed by atoms with E-state index in [1.807, 2.05) is 51.1 Å². The summed E-state index contributed by atoms with van der Waals surface area (Å²) in [6, 6.07) is 9.03. The van der Waals surface area contributed by atoms with Crippen molar-refractivity contribution in [3.05, 3.63) is 35.9 Å². The summed E-state index contributed by atoms with van der Waals surface area (Å²) in [4.78, 5) is 16.4. The highest BCUT2D eigenvalue weighted by Gasteiger charge is 2.28. The second-order valence-electron chi connectivity index (χ2n) is 7.81.